The standard InChI is InChI=1S/C15H17F3N2O4/c1-23-11-3-2-10(12(8-11)15(16,17)18)9-19-13(21)4-5-20-6-7-24-14(20)22/h2-3,8H,4-7,9H2,1H3,(H,19,21). The molecule has 1 fully saturated rings. The molecule has 24 heavy (non-hydrogen) atoms. The molecule has 1 heterocycles. The summed E-state index contributed by atoms with van der Waals surface area (Å²) in [6.45, 7) is 0.589. The van der Waals surface area contributed by atoms with Crippen molar-refractivity contribution in [2.75, 3.05) is 26.8 Å². The molecule has 6 nitrogen and oxygen atoms in total. The molecular weight excluding hydrogens is 329 g/mol. The number of halogens is 3. The SMILES string of the molecule is COc1ccc(CNC(=O)CCN2CCOC2=O)c(C(F)(F)F)c1. The lowest BCUT2D eigenvalue weighted by Gasteiger charge is -2.15. The molecule has 0 radical (unpaired) electrons. The van der Waals surface area contributed by atoms with Gasteiger partial charge >= 0.3 is 12.3 Å². The van der Waals surface area contributed by atoms with Gasteiger partial charge in [0.25, 0.3) is 0 Å². The molecule has 0 atom stereocenters. The van der Waals surface area contributed by atoms with Crippen LogP contribution < -0.4 is 10.1 Å². The number of alkyl halides is 3. The summed E-state index contributed by atoms with van der Waals surface area (Å²) in [5.74, 6) is -0.358. The van der Waals surface area contributed by atoms with Crippen LogP contribution in [0, 0.1) is 0 Å². The van der Waals surface area contributed by atoms with Crippen LogP contribution in [0.15, 0.2) is 18.2 Å². The summed E-state index contributed by atoms with van der Waals surface area (Å²) in [6, 6.07) is 3.55. The second-order valence-corrected chi connectivity index (χ2v) is 5.15. The second-order valence-electron chi connectivity index (χ2n) is 5.15. The van der Waals surface area contributed by atoms with Crippen molar-refractivity contribution in [2.24, 2.45) is 0 Å². The number of methoxy groups -OCH3 is 1. The van der Waals surface area contributed by atoms with Gasteiger partial charge in [0.2, 0.25) is 5.91 Å². The Bertz CT molecular complexity index is 619. The van der Waals surface area contributed by atoms with Crippen LogP contribution in [0.3, 0.4) is 0 Å². The van der Waals surface area contributed by atoms with Crippen LogP contribution in [-0.2, 0) is 22.3 Å². The minimum atomic E-state index is -4.55. The number of cyclic esters (lactones) is 1. The van der Waals surface area contributed by atoms with Crippen molar-refractivity contribution >= 4 is 12.0 Å². The molecule has 2 amide bonds. The van der Waals surface area contributed by atoms with E-state index in [9.17, 15) is 22.8 Å². The van der Waals surface area contributed by atoms with Crippen molar-refractivity contribution in [1.82, 2.24) is 10.2 Å². The van der Waals surface area contributed by atoms with Gasteiger partial charge in [-0.15, -0.1) is 0 Å². The largest absolute Gasteiger partial charge is 0.497 e. The first-order chi connectivity index (χ1) is 11.3. The number of carbonyl (C=O) groups excluding carboxylic acids is 2. The third-order valence-electron chi connectivity index (χ3n) is 3.55. The van der Waals surface area contributed by atoms with Crippen LogP contribution in [0.2, 0.25) is 0 Å². The van der Waals surface area contributed by atoms with E-state index in [0.717, 1.165) is 6.07 Å². The van der Waals surface area contributed by atoms with E-state index >= 15 is 0 Å². The molecule has 1 aliphatic heterocycles. The van der Waals surface area contributed by atoms with Gasteiger partial charge in [-0.3, -0.25) is 4.79 Å². The minimum Gasteiger partial charge on any atom is -0.497 e. The number of hydrogen-bond acceptors (Lipinski definition) is 4. The number of nitrogens with one attached hydrogen (secondary N) is 1. The topological polar surface area (TPSA) is 67.9 Å². The minimum absolute atomic E-state index is 0.00734. The number of nitrogens with zero attached hydrogens (tertiary/aromatic N) is 1. The third kappa shape index (κ3) is 4.53. The van der Waals surface area contributed by atoms with Crippen LogP contribution in [0.1, 0.15) is 17.5 Å². The summed E-state index contributed by atoms with van der Waals surface area (Å²) in [5, 5.41) is 2.43. The summed E-state index contributed by atoms with van der Waals surface area (Å²) in [6.07, 6.45) is -5.04. The highest BCUT2D eigenvalue weighted by molar-refractivity contribution is 5.77. The highest BCUT2D eigenvalue weighted by Crippen LogP contribution is 2.34. The zero-order valence-corrected chi connectivity index (χ0v) is 13.0. The highest BCUT2D eigenvalue weighted by atomic mass is 19.4. The molecule has 0 aliphatic carbocycles. The van der Waals surface area contributed by atoms with Crippen molar-refractivity contribution in [2.45, 2.75) is 19.1 Å². The van der Waals surface area contributed by atoms with E-state index in [1.165, 1.54) is 24.1 Å². The first kappa shape index (κ1) is 17.9. The normalized spacial score (nSPS) is 14.5. The predicted molar refractivity (Wildman–Crippen MR) is 77.4 cm³/mol. The molecule has 0 spiro atoms. The zero-order chi connectivity index (χ0) is 17.7. The van der Waals surface area contributed by atoms with Gasteiger partial charge in [-0.25, -0.2) is 4.79 Å². The highest BCUT2D eigenvalue weighted by Gasteiger charge is 2.33. The van der Waals surface area contributed by atoms with Gasteiger partial charge in [0.05, 0.1) is 19.2 Å². The van der Waals surface area contributed by atoms with Gasteiger partial charge in [-0.1, -0.05) is 6.07 Å². The fourth-order valence-electron chi connectivity index (χ4n) is 2.25. The Hall–Kier alpha value is -2.45. The van der Waals surface area contributed by atoms with Gasteiger partial charge < -0.3 is 19.7 Å². The summed E-state index contributed by atoms with van der Waals surface area (Å²) in [7, 11) is 1.28. The van der Waals surface area contributed by atoms with E-state index in [1.54, 1.807) is 0 Å². The van der Waals surface area contributed by atoms with Crippen molar-refractivity contribution in [3.05, 3.63) is 29.3 Å². The molecule has 1 aromatic carbocycles. The lowest BCUT2D eigenvalue weighted by atomic mass is 10.1. The Kier molecular flexibility index (Phi) is 5.53. The van der Waals surface area contributed by atoms with Gasteiger partial charge in [-0.05, 0) is 17.7 Å². The molecular formula is C15H17F3N2O4. The number of amides is 2. The number of carbonyl (C=O) groups is 2. The Morgan fingerprint density at radius 1 is 1.42 bits per heavy atom. The van der Waals surface area contributed by atoms with E-state index in [4.69, 9.17) is 9.47 Å². The average molecular weight is 346 g/mol. The van der Waals surface area contributed by atoms with E-state index in [-0.39, 0.29) is 37.4 Å². The quantitative estimate of drug-likeness (QED) is 0.857. The Morgan fingerprint density at radius 2 is 2.17 bits per heavy atom. The lowest BCUT2D eigenvalue weighted by Crippen LogP contribution is -2.31. The number of rotatable bonds is 6. The number of benzene rings is 1. The van der Waals surface area contributed by atoms with Gasteiger partial charge in [0.15, 0.2) is 0 Å². The molecule has 0 bridgehead atoms. The van der Waals surface area contributed by atoms with Crippen LogP contribution in [-0.4, -0.2) is 43.7 Å². The third-order valence-corrected chi connectivity index (χ3v) is 3.55. The number of hydrogen-bond donors (Lipinski definition) is 1. The summed E-state index contributed by atoms with van der Waals surface area (Å²) >= 11 is 0. The van der Waals surface area contributed by atoms with E-state index < -0.39 is 23.7 Å². The molecule has 0 saturated carbocycles. The van der Waals surface area contributed by atoms with Crippen LogP contribution >= 0.6 is 0 Å². The fourth-order valence-corrected chi connectivity index (χ4v) is 2.25. The molecule has 1 N–H and O–H groups in total. The molecule has 1 aromatic rings. The Balaban J connectivity index is 1.93. The maximum atomic E-state index is 13.1. The Morgan fingerprint density at radius 3 is 2.75 bits per heavy atom. The van der Waals surface area contributed by atoms with Gasteiger partial charge in [0, 0.05) is 19.5 Å². The first-order valence-electron chi connectivity index (χ1n) is 7.24. The van der Waals surface area contributed by atoms with Crippen molar-refractivity contribution in [3.63, 3.8) is 0 Å². The molecule has 132 valence electrons. The van der Waals surface area contributed by atoms with Crippen LogP contribution in [0.4, 0.5) is 18.0 Å². The van der Waals surface area contributed by atoms with E-state index in [0.29, 0.717) is 6.54 Å². The van der Waals surface area contributed by atoms with E-state index in [2.05, 4.69) is 5.32 Å². The van der Waals surface area contributed by atoms with Gasteiger partial charge in [0.1, 0.15) is 12.4 Å². The van der Waals surface area contributed by atoms with Crippen molar-refractivity contribution < 1.29 is 32.2 Å². The smallest absolute Gasteiger partial charge is 0.416 e. The second kappa shape index (κ2) is 7.41. The average Bonchev–Trinajstić information content (AvgIpc) is 2.95. The summed E-state index contributed by atoms with van der Waals surface area (Å²) < 4.78 is 48.7. The molecule has 0 aromatic heterocycles. The zero-order valence-electron chi connectivity index (χ0n) is 13.0. The number of ether oxygens (including phenoxy) is 2. The maximum absolute atomic E-state index is 13.1. The van der Waals surface area contributed by atoms with E-state index in [1.807, 2.05) is 0 Å². The van der Waals surface area contributed by atoms with Crippen LogP contribution in [0.5, 0.6) is 5.75 Å². The fraction of sp³-hybridized carbons (Fsp3) is 0.467. The molecule has 9 heteroatoms. The summed E-state index contributed by atoms with van der Waals surface area (Å²) in [5.41, 5.74) is -0.914. The molecule has 1 aliphatic rings. The van der Waals surface area contributed by atoms with Crippen molar-refractivity contribution in [1.29, 1.82) is 0 Å². The first-order valence-corrected chi connectivity index (χ1v) is 7.24. The van der Waals surface area contributed by atoms with Crippen molar-refractivity contribution in [3.8, 4) is 5.75 Å². The molecule has 1 saturated heterocycles. The predicted octanol–water partition coefficient (Wildman–Crippen LogP) is 2.17. The van der Waals surface area contributed by atoms with Gasteiger partial charge in [-0.2, -0.15) is 13.2 Å². The Labute approximate surface area is 136 Å². The lowest BCUT2D eigenvalue weighted by molar-refractivity contribution is -0.138. The maximum Gasteiger partial charge on any atom is 0.416 e. The van der Waals surface area contributed by atoms with Crippen LogP contribution in [0.25, 0.3) is 0 Å². The molecule has 2 rings (SSSR count). The molecule has 0 unspecified atom stereocenters. The monoisotopic (exact) mass is 346 g/mol. The summed E-state index contributed by atoms with van der Waals surface area (Å²) in [4.78, 5) is 24.4.